The Balaban J connectivity index is 1.99. The summed E-state index contributed by atoms with van der Waals surface area (Å²) in [4.78, 5) is 14.0. The number of nitrogens with zero attached hydrogens (tertiary/aromatic N) is 1. The number of urea groups is 1. The maximum atomic E-state index is 12.1. The molecule has 0 radical (unpaired) electrons. The molecule has 1 aliphatic rings. The predicted molar refractivity (Wildman–Crippen MR) is 69.9 cm³/mol. The molecular formula is C13H19N3O. The minimum atomic E-state index is -0.000813. The molecule has 4 heteroatoms. The molecule has 1 heterocycles. The largest absolute Gasteiger partial charge is 0.399 e. The summed E-state index contributed by atoms with van der Waals surface area (Å²) in [6, 6.07) is 7.62. The maximum absolute atomic E-state index is 12.1. The average molecular weight is 233 g/mol. The van der Waals surface area contributed by atoms with Gasteiger partial charge in [-0.15, -0.1) is 0 Å². The molecule has 1 atom stereocenters. The highest BCUT2D eigenvalue weighted by molar-refractivity contribution is 5.89. The number of amides is 2. The number of nitrogens with one attached hydrogen (secondary N) is 1. The van der Waals surface area contributed by atoms with Crippen molar-refractivity contribution in [3.8, 4) is 0 Å². The number of anilines is 2. The van der Waals surface area contributed by atoms with Crippen molar-refractivity contribution in [1.29, 1.82) is 0 Å². The van der Waals surface area contributed by atoms with Crippen molar-refractivity contribution in [3.63, 3.8) is 0 Å². The molecule has 1 saturated heterocycles. The zero-order chi connectivity index (χ0) is 12.3. The van der Waals surface area contributed by atoms with Crippen molar-refractivity contribution < 1.29 is 4.79 Å². The fourth-order valence-corrected chi connectivity index (χ4v) is 2.29. The minimum Gasteiger partial charge on any atom is -0.399 e. The van der Waals surface area contributed by atoms with Gasteiger partial charge in [0.25, 0.3) is 0 Å². The molecule has 0 aliphatic carbocycles. The fourth-order valence-electron chi connectivity index (χ4n) is 2.29. The Morgan fingerprint density at radius 3 is 2.82 bits per heavy atom. The highest BCUT2D eigenvalue weighted by Crippen LogP contribution is 2.21. The van der Waals surface area contributed by atoms with E-state index < -0.39 is 0 Å². The van der Waals surface area contributed by atoms with Crippen molar-refractivity contribution in [3.05, 3.63) is 24.3 Å². The number of hydrogen-bond donors (Lipinski definition) is 2. The van der Waals surface area contributed by atoms with Crippen LogP contribution in [0.2, 0.25) is 0 Å². The summed E-state index contributed by atoms with van der Waals surface area (Å²) in [6.07, 6.45) is 3.24. The predicted octanol–water partition coefficient (Wildman–Crippen LogP) is 2.68. The van der Waals surface area contributed by atoms with E-state index in [1.165, 1.54) is 0 Å². The normalized spacial score (nSPS) is 19.4. The van der Waals surface area contributed by atoms with E-state index in [-0.39, 0.29) is 6.03 Å². The van der Waals surface area contributed by atoms with Gasteiger partial charge in [-0.1, -0.05) is 6.92 Å². The lowest BCUT2D eigenvalue weighted by atomic mass is 10.2. The van der Waals surface area contributed by atoms with Crippen LogP contribution in [-0.4, -0.2) is 23.5 Å². The summed E-state index contributed by atoms with van der Waals surface area (Å²) in [6.45, 7) is 2.98. The number of nitrogens with two attached hydrogens (primary N) is 1. The zero-order valence-corrected chi connectivity index (χ0v) is 10.1. The standard InChI is InChI=1S/C13H19N3O/c1-2-12-4-3-9-16(12)13(17)15-11-7-5-10(14)6-8-11/h5-8,12H,2-4,9,14H2,1H3,(H,15,17). The molecule has 1 aromatic carbocycles. The van der Waals surface area contributed by atoms with Gasteiger partial charge in [0.2, 0.25) is 0 Å². The van der Waals surface area contributed by atoms with Crippen LogP contribution in [0.3, 0.4) is 0 Å². The van der Waals surface area contributed by atoms with Crippen molar-refractivity contribution in [2.45, 2.75) is 32.2 Å². The monoisotopic (exact) mass is 233 g/mol. The molecule has 1 aromatic rings. The van der Waals surface area contributed by atoms with Gasteiger partial charge in [0.15, 0.2) is 0 Å². The number of carbonyl (C=O) groups is 1. The highest BCUT2D eigenvalue weighted by Gasteiger charge is 2.26. The lowest BCUT2D eigenvalue weighted by Crippen LogP contribution is -2.38. The summed E-state index contributed by atoms with van der Waals surface area (Å²) in [5, 5.41) is 2.91. The SMILES string of the molecule is CCC1CCCN1C(=O)Nc1ccc(N)cc1. The molecule has 4 nitrogen and oxygen atoms in total. The Morgan fingerprint density at radius 2 is 2.18 bits per heavy atom. The fraction of sp³-hybridized carbons (Fsp3) is 0.462. The van der Waals surface area contributed by atoms with Gasteiger partial charge in [-0.3, -0.25) is 0 Å². The summed E-state index contributed by atoms with van der Waals surface area (Å²) < 4.78 is 0. The average Bonchev–Trinajstić information content (AvgIpc) is 2.80. The van der Waals surface area contributed by atoms with Crippen LogP contribution in [-0.2, 0) is 0 Å². The molecule has 1 fully saturated rings. The van der Waals surface area contributed by atoms with Crippen LogP contribution >= 0.6 is 0 Å². The number of likely N-dealkylation sites (tertiary alicyclic amines) is 1. The second-order valence-electron chi connectivity index (χ2n) is 4.45. The van der Waals surface area contributed by atoms with Gasteiger partial charge in [-0.05, 0) is 43.5 Å². The number of carbonyl (C=O) groups excluding carboxylic acids is 1. The first kappa shape index (κ1) is 11.8. The van der Waals surface area contributed by atoms with Gasteiger partial charge in [0.1, 0.15) is 0 Å². The maximum Gasteiger partial charge on any atom is 0.322 e. The van der Waals surface area contributed by atoms with Gasteiger partial charge >= 0.3 is 6.03 Å². The second-order valence-corrected chi connectivity index (χ2v) is 4.45. The first-order valence-electron chi connectivity index (χ1n) is 6.14. The van der Waals surface area contributed by atoms with E-state index in [2.05, 4.69) is 12.2 Å². The Hall–Kier alpha value is -1.71. The van der Waals surface area contributed by atoms with E-state index in [0.29, 0.717) is 11.7 Å². The molecule has 0 saturated carbocycles. The zero-order valence-electron chi connectivity index (χ0n) is 10.1. The van der Waals surface area contributed by atoms with E-state index in [0.717, 1.165) is 31.5 Å². The smallest absolute Gasteiger partial charge is 0.322 e. The lowest BCUT2D eigenvalue weighted by molar-refractivity contribution is 0.205. The van der Waals surface area contributed by atoms with Gasteiger partial charge < -0.3 is 16.0 Å². The molecule has 2 rings (SSSR count). The van der Waals surface area contributed by atoms with Crippen LogP contribution in [0, 0.1) is 0 Å². The van der Waals surface area contributed by atoms with Gasteiger partial charge in [-0.2, -0.15) is 0 Å². The van der Waals surface area contributed by atoms with Gasteiger partial charge in [0.05, 0.1) is 0 Å². The summed E-state index contributed by atoms with van der Waals surface area (Å²) in [7, 11) is 0. The third-order valence-electron chi connectivity index (χ3n) is 3.27. The topological polar surface area (TPSA) is 58.4 Å². The first-order valence-corrected chi connectivity index (χ1v) is 6.14. The molecule has 0 bridgehead atoms. The van der Waals surface area contributed by atoms with Crippen LogP contribution in [0.5, 0.6) is 0 Å². The first-order chi connectivity index (χ1) is 8.20. The molecule has 3 N–H and O–H groups in total. The van der Waals surface area contributed by atoms with Crippen LogP contribution in [0.25, 0.3) is 0 Å². The molecule has 92 valence electrons. The second kappa shape index (κ2) is 5.08. The van der Waals surface area contributed by atoms with Gasteiger partial charge in [0, 0.05) is 24.0 Å². The Morgan fingerprint density at radius 1 is 1.47 bits per heavy atom. The van der Waals surface area contributed by atoms with E-state index in [1.807, 2.05) is 17.0 Å². The van der Waals surface area contributed by atoms with Crippen molar-refractivity contribution in [1.82, 2.24) is 4.90 Å². The van der Waals surface area contributed by atoms with E-state index in [9.17, 15) is 4.79 Å². The van der Waals surface area contributed by atoms with Crippen LogP contribution < -0.4 is 11.1 Å². The number of benzene rings is 1. The number of nitrogen functional groups attached to an aromatic ring is 1. The van der Waals surface area contributed by atoms with E-state index in [1.54, 1.807) is 12.1 Å². The Labute approximate surface area is 102 Å². The third kappa shape index (κ3) is 2.70. The Bertz CT molecular complexity index is 388. The molecule has 1 unspecified atom stereocenters. The summed E-state index contributed by atoms with van der Waals surface area (Å²) in [5.41, 5.74) is 7.10. The van der Waals surface area contributed by atoms with Crippen LogP contribution in [0.4, 0.5) is 16.2 Å². The summed E-state index contributed by atoms with van der Waals surface area (Å²) >= 11 is 0. The Kier molecular flexibility index (Phi) is 3.52. The van der Waals surface area contributed by atoms with Crippen molar-refractivity contribution >= 4 is 17.4 Å². The van der Waals surface area contributed by atoms with E-state index >= 15 is 0 Å². The minimum absolute atomic E-state index is 0.000813. The molecule has 17 heavy (non-hydrogen) atoms. The van der Waals surface area contributed by atoms with Crippen LogP contribution in [0.15, 0.2) is 24.3 Å². The van der Waals surface area contributed by atoms with Gasteiger partial charge in [-0.25, -0.2) is 4.79 Å². The van der Waals surface area contributed by atoms with Crippen molar-refractivity contribution in [2.75, 3.05) is 17.6 Å². The molecule has 2 amide bonds. The molecule has 0 spiro atoms. The van der Waals surface area contributed by atoms with Crippen molar-refractivity contribution in [2.24, 2.45) is 0 Å². The highest BCUT2D eigenvalue weighted by atomic mass is 16.2. The molecule has 1 aliphatic heterocycles. The lowest BCUT2D eigenvalue weighted by Gasteiger charge is -2.23. The molecular weight excluding hydrogens is 214 g/mol. The number of hydrogen-bond acceptors (Lipinski definition) is 2. The summed E-state index contributed by atoms with van der Waals surface area (Å²) in [5.74, 6) is 0. The quantitative estimate of drug-likeness (QED) is 0.771. The number of rotatable bonds is 2. The third-order valence-corrected chi connectivity index (χ3v) is 3.27. The molecule has 0 aromatic heterocycles. The van der Waals surface area contributed by atoms with E-state index in [4.69, 9.17) is 5.73 Å². The van der Waals surface area contributed by atoms with Crippen LogP contribution in [0.1, 0.15) is 26.2 Å².